The number of hydrogen-bond acceptors (Lipinski definition) is 10. The van der Waals surface area contributed by atoms with Crippen molar-refractivity contribution in [1.82, 2.24) is 15.0 Å². The molecule has 0 bridgehead atoms. The average molecular weight is 450 g/mol. The van der Waals surface area contributed by atoms with E-state index < -0.39 is 54.3 Å². The number of esters is 3. The number of nitrogens with two attached hydrogens (primary N) is 1. The first-order chi connectivity index (χ1) is 15.2. The van der Waals surface area contributed by atoms with E-state index in [0.29, 0.717) is 11.3 Å². The molecule has 172 valence electrons. The molecule has 0 spiro atoms. The molecule has 3 rings (SSSR count). The van der Waals surface area contributed by atoms with Gasteiger partial charge in [0.2, 0.25) is 0 Å². The SMILES string of the molecule is CC(=O)OCC1O[C@@H](N)C(OC(C)=O)C(n2cc(-c3cccc(F)c3)nn2)[C@H]1OC(C)=O. The van der Waals surface area contributed by atoms with Crippen molar-refractivity contribution in [3.05, 3.63) is 36.3 Å². The third kappa shape index (κ3) is 5.45. The monoisotopic (exact) mass is 450 g/mol. The average Bonchev–Trinajstić information content (AvgIpc) is 3.18. The van der Waals surface area contributed by atoms with Crippen LogP contribution in [0.1, 0.15) is 26.8 Å². The predicted molar refractivity (Wildman–Crippen MR) is 105 cm³/mol. The smallest absolute Gasteiger partial charge is 0.303 e. The van der Waals surface area contributed by atoms with Crippen molar-refractivity contribution in [2.45, 2.75) is 51.4 Å². The molecule has 2 heterocycles. The summed E-state index contributed by atoms with van der Waals surface area (Å²) >= 11 is 0. The number of carbonyl (C=O) groups excluding carboxylic acids is 3. The summed E-state index contributed by atoms with van der Waals surface area (Å²) in [5, 5.41) is 8.12. The zero-order valence-electron chi connectivity index (χ0n) is 17.6. The Hall–Kier alpha value is -3.38. The molecular formula is C20H23FN4O7. The summed E-state index contributed by atoms with van der Waals surface area (Å²) < 4.78 is 36.4. The zero-order valence-corrected chi connectivity index (χ0v) is 17.6. The van der Waals surface area contributed by atoms with Crippen molar-refractivity contribution >= 4 is 17.9 Å². The number of nitrogens with zero attached hydrogens (tertiary/aromatic N) is 3. The Morgan fingerprint density at radius 1 is 1.12 bits per heavy atom. The van der Waals surface area contributed by atoms with Crippen molar-refractivity contribution in [3.8, 4) is 11.3 Å². The first-order valence-corrected chi connectivity index (χ1v) is 9.72. The summed E-state index contributed by atoms with van der Waals surface area (Å²) in [7, 11) is 0. The Bertz CT molecular complexity index is 998. The highest BCUT2D eigenvalue weighted by atomic mass is 19.1. The molecule has 3 unspecified atom stereocenters. The summed E-state index contributed by atoms with van der Waals surface area (Å²) in [6.45, 7) is 3.32. The molecule has 0 radical (unpaired) electrons. The zero-order chi connectivity index (χ0) is 23.4. The van der Waals surface area contributed by atoms with Crippen LogP contribution in [0.3, 0.4) is 0 Å². The van der Waals surface area contributed by atoms with Crippen LogP contribution >= 0.6 is 0 Å². The largest absolute Gasteiger partial charge is 0.463 e. The fourth-order valence-electron chi connectivity index (χ4n) is 3.46. The van der Waals surface area contributed by atoms with Gasteiger partial charge in [0.1, 0.15) is 36.5 Å². The van der Waals surface area contributed by atoms with Crippen LogP contribution in [0.15, 0.2) is 30.5 Å². The van der Waals surface area contributed by atoms with Gasteiger partial charge in [0.05, 0.1) is 6.20 Å². The third-order valence-electron chi connectivity index (χ3n) is 4.69. The molecule has 1 saturated heterocycles. The molecule has 0 aliphatic carbocycles. The van der Waals surface area contributed by atoms with E-state index >= 15 is 0 Å². The first-order valence-electron chi connectivity index (χ1n) is 9.72. The summed E-state index contributed by atoms with van der Waals surface area (Å²) in [4.78, 5) is 34.9. The number of carbonyl (C=O) groups is 3. The van der Waals surface area contributed by atoms with Gasteiger partial charge < -0.3 is 24.7 Å². The second-order valence-corrected chi connectivity index (χ2v) is 7.17. The van der Waals surface area contributed by atoms with Gasteiger partial charge in [-0.2, -0.15) is 0 Å². The van der Waals surface area contributed by atoms with Crippen molar-refractivity contribution in [2.24, 2.45) is 5.73 Å². The van der Waals surface area contributed by atoms with Gasteiger partial charge in [0, 0.05) is 26.3 Å². The van der Waals surface area contributed by atoms with Crippen LogP contribution in [0, 0.1) is 5.82 Å². The molecule has 1 fully saturated rings. The summed E-state index contributed by atoms with van der Waals surface area (Å²) in [5.74, 6) is -2.33. The van der Waals surface area contributed by atoms with E-state index in [2.05, 4.69) is 10.3 Å². The molecular weight excluding hydrogens is 427 g/mol. The van der Waals surface area contributed by atoms with Crippen LogP contribution in [0.4, 0.5) is 4.39 Å². The van der Waals surface area contributed by atoms with Crippen LogP contribution < -0.4 is 5.73 Å². The Labute approximate surface area is 182 Å². The topological polar surface area (TPSA) is 145 Å². The summed E-state index contributed by atoms with van der Waals surface area (Å²) in [6, 6.07) is 4.76. The maximum atomic E-state index is 13.6. The number of aromatic nitrogens is 3. The molecule has 5 atom stereocenters. The number of halogens is 1. The lowest BCUT2D eigenvalue weighted by molar-refractivity contribution is -0.227. The van der Waals surface area contributed by atoms with Gasteiger partial charge in [-0.1, -0.05) is 17.3 Å². The van der Waals surface area contributed by atoms with Crippen molar-refractivity contribution in [3.63, 3.8) is 0 Å². The van der Waals surface area contributed by atoms with Gasteiger partial charge in [0.25, 0.3) is 0 Å². The normalized spacial score (nSPS) is 25.1. The lowest BCUT2D eigenvalue weighted by Crippen LogP contribution is -2.61. The predicted octanol–water partition coefficient (Wildman–Crippen LogP) is 0.735. The van der Waals surface area contributed by atoms with E-state index in [1.807, 2.05) is 0 Å². The quantitative estimate of drug-likeness (QED) is 0.494. The summed E-state index contributed by atoms with van der Waals surface area (Å²) in [6.07, 6.45) is -2.87. The molecule has 1 aliphatic rings. The Morgan fingerprint density at radius 3 is 2.44 bits per heavy atom. The Morgan fingerprint density at radius 2 is 1.81 bits per heavy atom. The lowest BCUT2D eigenvalue weighted by atomic mass is 9.95. The van der Waals surface area contributed by atoms with Gasteiger partial charge in [-0.3, -0.25) is 14.4 Å². The van der Waals surface area contributed by atoms with E-state index in [4.69, 9.17) is 24.7 Å². The molecule has 32 heavy (non-hydrogen) atoms. The van der Waals surface area contributed by atoms with E-state index in [-0.39, 0.29) is 6.61 Å². The van der Waals surface area contributed by atoms with E-state index in [1.165, 1.54) is 49.8 Å². The van der Waals surface area contributed by atoms with Crippen molar-refractivity contribution in [2.75, 3.05) is 6.61 Å². The van der Waals surface area contributed by atoms with Crippen LogP contribution in [0.5, 0.6) is 0 Å². The maximum absolute atomic E-state index is 13.6. The highest BCUT2D eigenvalue weighted by Crippen LogP contribution is 2.34. The number of ether oxygens (including phenoxy) is 4. The number of benzene rings is 1. The van der Waals surface area contributed by atoms with Gasteiger partial charge in [-0.05, 0) is 12.1 Å². The standard InChI is InChI=1S/C20H23FN4O7/c1-10(26)29-9-16-18(30-11(2)27)17(19(20(22)32-16)31-12(3)28)25-8-15(23-24-25)13-5-4-6-14(21)7-13/h4-8,16-20H,9,22H2,1-3H3/t16?,17?,18-,19?,20+/m0/s1. The second kappa shape index (κ2) is 9.83. The molecule has 0 saturated carbocycles. The highest BCUT2D eigenvalue weighted by Gasteiger charge is 2.50. The number of rotatable bonds is 6. The Kier molecular flexibility index (Phi) is 7.15. The van der Waals surface area contributed by atoms with Crippen LogP contribution in [0.25, 0.3) is 11.3 Å². The molecule has 1 aromatic carbocycles. The van der Waals surface area contributed by atoms with Crippen LogP contribution in [0.2, 0.25) is 0 Å². The third-order valence-corrected chi connectivity index (χ3v) is 4.69. The number of hydrogen-bond donors (Lipinski definition) is 1. The molecule has 12 heteroatoms. The van der Waals surface area contributed by atoms with E-state index in [1.54, 1.807) is 6.07 Å². The highest BCUT2D eigenvalue weighted by molar-refractivity contribution is 5.67. The molecule has 2 N–H and O–H groups in total. The van der Waals surface area contributed by atoms with Gasteiger partial charge in [-0.25, -0.2) is 9.07 Å². The fourth-order valence-corrected chi connectivity index (χ4v) is 3.46. The van der Waals surface area contributed by atoms with Crippen molar-refractivity contribution in [1.29, 1.82) is 0 Å². The van der Waals surface area contributed by atoms with E-state index in [0.717, 1.165) is 0 Å². The van der Waals surface area contributed by atoms with E-state index in [9.17, 15) is 18.8 Å². The molecule has 11 nitrogen and oxygen atoms in total. The molecule has 0 amide bonds. The van der Waals surface area contributed by atoms with Crippen LogP contribution in [-0.4, -0.2) is 64.0 Å². The minimum Gasteiger partial charge on any atom is -0.463 e. The minimum atomic E-state index is -1.15. The first kappa shape index (κ1) is 23.3. The molecule has 2 aromatic rings. The van der Waals surface area contributed by atoms with Gasteiger partial charge in [-0.15, -0.1) is 5.10 Å². The lowest BCUT2D eigenvalue weighted by Gasteiger charge is -2.43. The van der Waals surface area contributed by atoms with Crippen LogP contribution in [-0.2, 0) is 33.3 Å². The minimum absolute atomic E-state index is 0.268. The molecule has 1 aliphatic heterocycles. The van der Waals surface area contributed by atoms with Crippen molar-refractivity contribution < 1.29 is 37.7 Å². The van der Waals surface area contributed by atoms with Gasteiger partial charge >= 0.3 is 17.9 Å². The molecule has 1 aromatic heterocycles. The van der Waals surface area contributed by atoms with Gasteiger partial charge in [0.15, 0.2) is 12.2 Å². The maximum Gasteiger partial charge on any atom is 0.303 e. The second-order valence-electron chi connectivity index (χ2n) is 7.17. The summed E-state index contributed by atoms with van der Waals surface area (Å²) in [5.41, 5.74) is 6.87. The fraction of sp³-hybridized carbons (Fsp3) is 0.450. The Balaban J connectivity index is 2.02.